The smallest absolute Gasteiger partial charge is 0.328 e. The lowest BCUT2D eigenvalue weighted by molar-refractivity contribution is -0.146. The summed E-state index contributed by atoms with van der Waals surface area (Å²) in [6, 6.07) is 7.94. The first kappa shape index (κ1) is 25.5. The molecule has 2 atom stereocenters. The van der Waals surface area contributed by atoms with Gasteiger partial charge in [-0.2, -0.15) is 11.8 Å². The number of hydrogen-bond acceptors (Lipinski definition) is 7. The molecule has 30 heavy (non-hydrogen) atoms. The second-order valence-electron chi connectivity index (χ2n) is 6.57. The zero-order valence-corrected chi connectivity index (χ0v) is 18.5. The van der Waals surface area contributed by atoms with Gasteiger partial charge in [-0.05, 0) is 18.4 Å². The van der Waals surface area contributed by atoms with Crippen LogP contribution in [0.2, 0.25) is 0 Å². The van der Waals surface area contributed by atoms with Gasteiger partial charge in [-0.25, -0.2) is 4.79 Å². The molecule has 166 valence electrons. The first-order valence-corrected chi connectivity index (χ1v) is 10.9. The van der Waals surface area contributed by atoms with Gasteiger partial charge in [0.05, 0.1) is 14.2 Å². The lowest BCUT2D eigenvalue weighted by Gasteiger charge is -2.22. The molecule has 0 aromatic heterocycles. The molecule has 0 fully saturated rings. The van der Waals surface area contributed by atoms with E-state index >= 15 is 0 Å². The molecule has 1 aromatic rings. The number of carbonyl (C=O) groups excluding carboxylic acids is 4. The maximum absolute atomic E-state index is 12.8. The molecule has 0 aliphatic rings. The Hall–Kier alpha value is -2.55. The third kappa shape index (κ3) is 9.78. The predicted molar refractivity (Wildman–Crippen MR) is 115 cm³/mol. The molecule has 0 heterocycles. The largest absolute Gasteiger partial charge is 0.469 e. The molecule has 0 saturated heterocycles. The van der Waals surface area contributed by atoms with E-state index in [0.717, 1.165) is 5.56 Å². The van der Waals surface area contributed by atoms with Crippen LogP contribution in [0.1, 0.15) is 38.2 Å². The highest BCUT2D eigenvalue weighted by Crippen LogP contribution is 2.13. The summed E-state index contributed by atoms with van der Waals surface area (Å²) in [6.07, 6.45) is 0.946. The number of benzene rings is 1. The minimum absolute atomic E-state index is 0.0396. The van der Waals surface area contributed by atoms with Crippen molar-refractivity contribution in [3.05, 3.63) is 35.9 Å². The fraction of sp³-hybridized carbons (Fsp3) is 0.524. The van der Waals surface area contributed by atoms with Gasteiger partial charge < -0.3 is 20.1 Å². The van der Waals surface area contributed by atoms with Crippen LogP contribution in [-0.2, 0) is 34.4 Å². The van der Waals surface area contributed by atoms with Gasteiger partial charge in [0.2, 0.25) is 11.8 Å². The van der Waals surface area contributed by atoms with Crippen molar-refractivity contribution in [1.82, 2.24) is 10.6 Å². The van der Waals surface area contributed by atoms with Gasteiger partial charge in [0.15, 0.2) is 0 Å². The zero-order valence-electron chi connectivity index (χ0n) is 17.6. The van der Waals surface area contributed by atoms with Crippen molar-refractivity contribution < 1.29 is 28.7 Å². The molecule has 2 N–H and O–H groups in total. The summed E-state index contributed by atoms with van der Waals surface area (Å²) < 4.78 is 9.30. The van der Waals surface area contributed by atoms with E-state index in [-0.39, 0.29) is 18.7 Å². The maximum Gasteiger partial charge on any atom is 0.328 e. The van der Waals surface area contributed by atoms with Crippen LogP contribution < -0.4 is 10.6 Å². The molecule has 0 unspecified atom stereocenters. The number of methoxy groups -OCH3 is 2. The quantitative estimate of drug-likeness (QED) is 0.452. The molecule has 0 radical (unpaired) electrons. The lowest BCUT2D eigenvalue weighted by atomic mass is 10.1. The van der Waals surface area contributed by atoms with Gasteiger partial charge in [0.25, 0.3) is 0 Å². The molecule has 0 spiro atoms. The first-order chi connectivity index (χ1) is 14.4. The van der Waals surface area contributed by atoms with Crippen molar-refractivity contribution in [2.45, 2.75) is 50.4 Å². The van der Waals surface area contributed by atoms with E-state index in [2.05, 4.69) is 15.4 Å². The average Bonchev–Trinajstić information content (AvgIpc) is 2.75. The number of ether oxygens (including phenoxy) is 2. The summed E-state index contributed by atoms with van der Waals surface area (Å²) in [6.45, 7) is 1.87. The third-order valence-corrected chi connectivity index (χ3v) is 5.30. The van der Waals surface area contributed by atoms with Crippen LogP contribution in [0, 0.1) is 0 Å². The van der Waals surface area contributed by atoms with Crippen LogP contribution in [0.3, 0.4) is 0 Å². The zero-order chi connectivity index (χ0) is 22.4. The predicted octanol–water partition coefficient (Wildman–Crippen LogP) is 1.82. The van der Waals surface area contributed by atoms with Gasteiger partial charge in [-0.3, -0.25) is 14.4 Å². The minimum atomic E-state index is -1.01. The van der Waals surface area contributed by atoms with E-state index in [1.165, 1.54) is 26.0 Å². The van der Waals surface area contributed by atoms with Crippen molar-refractivity contribution in [2.75, 3.05) is 20.0 Å². The van der Waals surface area contributed by atoms with E-state index < -0.39 is 29.9 Å². The number of rotatable bonds is 13. The fourth-order valence-corrected chi connectivity index (χ4v) is 3.59. The van der Waals surface area contributed by atoms with Crippen molar-refractivity contribution >= 4 is 35.5 Å². The Balaban J connectivity index is 2.77. The SMILES string of the molecule is CCCC(=O)N[C@H](CSCc1ccccc1)C(=O)N[C@H](CCC(=O)OC)C(=O)OC. The topological polar surface area (TPSA) is 111 Å². The second-order valence-corrected chi connectivity index (χ2v) is 7.60. The van der Waals surface area contributed by atoms with Crippen LogP contribution in [0.25, 0.3) is 0 Å². The Kier molecular flexibility index (Phi) is 12.3. The summed E-state index contributed by atoms with van der Waals surface area (Å²) in [7, 11) is 2.45. The Labute approximate surface area is 181 Å². The Morgan fingerprint density at radius 2 is 1.67 bits per heavy atom. The standard InChI is InChI=1S/C21H30N2O6S/c1-4-8-18(24)22-17(14-30-13-15-9-6-5-7-10-15)20(26)23-16(21(27)29-3)11-12-19(25)28-2/h5-7,9-10,16-17H,4,8,11-14H2,1-3H3,(H,22,24)(H,23,26)/t16-,17-/m1/s1. The van der Waals surface area contributed by atoms with Gasteiger partial charge in [-0.15, -0.1) is 0 Å². The van der Waals surface area contributed by atoms with E-state index in [1.54, 1.807) is 0 Å². The summed E-state index contributed by atoms with van der Waals surface area (Å²) in [5.74, 6) is -0.882. The molecule has 8 nitrogen and oxygen atoms in total. The molecular formula is C21H30N2O6S. The van der Waals surface area contributed by atoms with E-state index in [4.69, 9.17) is 4.74 Å². The van der Waals surface area contributed by atoms with Crippen molar-refractivity contribution in [1.29, 1.82) is 0 Å². The highest BCUT2D eigenvalue weighted by atomic mass is 32.2. The Morgan fingerprint density at radius 1 is 0.967 bits per heavy atom. The van der Waals surface area contributed by atoms with Crippen molar-refractivity contribution in [2.24, 2.45) is 0 Å². The summed E-state index contributed by atoms with van der Waals surface area (Å²) in [5, 5.41) is 5.32. The van der Waals surface area contributed by atoms with E-state index in [0.29, 0.717) is 24.3 Å². The molecule has 2 amide bonds. The fourth-order valence-electron chi connectivity index (χ4n) is 2.57. The van der Waals surface area contributed by atoms with Crippen LogP contribution in [0.4, 0.5) is 0 Å². The van der Waals surface area contributed by atoms with Gasteiger partial charge in [0.1, 0.15) is 12.1 Å². The number of esters is 2. The minimum Gasteiger partial charge on any atom is -0.469 e. The van der Waals surface area contributed by atoms with Gasteiger partial charge in [-0.1, -0.05) is 37.3 Å². The molecule has 0 saturated carbocycles. The summed E-state index contributed by atoms with van der Waals surface area (Å²) >= 11 is 1.50. The maximum atomic E-state index is 12.8. The molecular weight excluding hydrogens is 408 g/mol. The van der Waals surface area contributed by atoms with E-state index in [1.807, 2.05) is 37.3 Å². The average molecular weight is 439 g/mol. The monoisotopic (exact) mass is 438 g/mol. The Morgan fingerprint density at radius 3 is 2.27 bits per heavy atom. The number of amides is 2. The lowest BCUT2D eigenvalue weighted by Crippen LogP contribution is -2.53. The number of carbonyl (C=O) groups is 4. The van der Waals surface area contributed by atoms with Gasteiger partial charge >= 0.3 is 11.9 Å². The van der Waals surface area contributed by atoms with Crippen molar-refractivity contribution in [3.8, 4) is 0 Å². The summed E-state index contributed by atoms with van der Waals surface area (Å²) in [4.78, 5) is 48.3. The third-order valence-electron chi connectivity index (χ3n) is 4.19. The van der Waals surface area contributed by atoms with Crippen LogP contribution in [0.5, 0.6) is 0 Å². The van der Waals surface area contributed by atoms with Crippen LogP contribution in [0.15, 0.2) is 30.3 Å². The normalized spacial score (nSPS) is 12.4. The van der Waals surface area contributed by atoms with E-state index in [9.17, 15) is 19.2 Å². The molecule has 9 heteroatoms. The van der Waals surface area contributed by atoms with Gasteiger partial charge in [0, 0.05) is 24.3 Å². The number of hydrogen-bond donors (Lipinski definition) is 2. The molecule has 0 bridgehead atoms. The molecule has 0 aliphatic carbocycles. The molecule has 1 aromatic carbocycles. The molecule has 1 rings (SSSR count). The van der Waals surface area contributed by atoms with Crippen LogP contribution in [-0.4, -0.2) is 55.8 Å². The highest BCUT2D eigenvalue weighted by Gasteiger charge is 2.27. The van der Waals surface area contributed by atoms with Crippen LogP contribution >= 0.6 is 11.8 Å². The number of nitrogens with one attached hydrogen (secondary N) is 2. The highest BCUT2D eigenvalue weighted by molar-refractivity contribution is 7.98. The Bertz CT molecular complexity index is 698. The molecule has 0 aliphatic heterocycles. The number of thioether (sulfide) groups is 1. The second kappa shape index (κ2) is 14.4. The summed E-state index contributed by atoms with van der Waals surface area (Å²) in [5.41, 5.74) is 1.10. The van der Waals surface area contributed by atoms with Crippen molar-refractivity contribution in [3.63, 3.8) is 0 Å². The first-order valence-electron chi connectivity index (χ1n) is 9.77.